The molecule has 1 unspecified atom stereocenters. The Kier molecular flexibility index (Phi) is 6.70. The van der Waals surface area contributed by atoms with Gasteiger partial charge in [-0.25, -0.2) is 0 Å². The quantitative estimate of drug-likeness (QED) is 0.766. The number of rotatable bonds is 3. The molecule has 0 spiro atoms. The van der Waals surface area contributed by atoms with Gasteiger partial charge in [-0.2, -0.15) is 0 Å². The third-order valence-electron chi connectivity index (χ3n) is 2.85. The van der Waals surface area contributed by atoms with Gasteiger partial charge in [0.25, 0.3) is 5.91 Å². The summed E-state index contributed by atoms with van der Waals surface area (Å²) in [5, 5.41) is 6.97. The molecule has 6 heteroatoms. The largest absolute Gasteiger partial charge is 0.350 e. The predicted molar refractivity (Wildman–Crippen MR) is 84.8 cm³/mol. The summed E-state index contributed by atoms with van der Waals surface area (Å²) in [4.78, 5) is 11.9. The molecule has 0 saturated carbocycles. The normalized spacial score (nSPS) is 18.2. The van der Waals surface area contributed by atoms with Crippen molar-refractivity contribution in [3.8, 4) is 0 Å². The molecule has 1 heterocycles. The fraction of sp³-hybridized carbons (Fsp3) is 0.417. The first-order valence-electron chi connectivity index (χ1n) is 5.63. The summed E-state index contributed by atoms with van der Waals surface area (Å²) >= 11 is 8.04. The monoisotopic (exact) mass is 400 g/mol. The molecule has 1 aromatic carbocycles. The first-order valence-corrected chi connectivity index (χ1v) is 7.09. The third kappa shape index (κ3) is 4.26. The number of nitrogens with one attached hydrogen (secondary N) is 2. The lowest BCUT2D eigenvalue weighted by Crippen LogP contribution is -2.37. The topological polar surface area (TPSA) is 41.1 Å². The summed E-state index contributed by atoms with van der Waals surface area (Å²) in [6.45, 7) is 1.75. The van der Waals surface area contributed by atoms with Crippen molar-refractivity contribution < 1.29 is 4.79 Å². The van der Waals surface area contributed by atoms with E-state index in [0.717, 1.165) is 16.5 Å². The number of benzene rings is 1. The van der Waals surface area contributed by atoms with Gasteiger partial charge in [0.1, 0.15) is 0 Å². The van der Waals surface area contributed by atoms with Crippen molar-refractivity contribution >= 4 is 52.5 Å². The molecule has 2 N–H and O–H groups in total. The van der Waals surface area contributed by atoms with Crippen LogP contribution in [-0.2, 0) is 0 Å². The molecule has 0 aromatic heterocycles. The molecule has 18 heavy (non-hydrogen) atoms. The fourth-order valence-electron chi connectivity index (χ4n) is 1.89. The average molecular weight is 401 g/mol. The Bertz CT molecular complexity index is 423. The zero-order valence-corrected chi connectivity index (χ0v) is 13.4. The maximum atomic E-state index is 11.9. The van der Waals surface area contributed by atoms with Crippen molar-refractivity contribution in [1.29, 1.82) is 0 Å². The second-order valence-corrected chi connectivity index (χ2v) is 5.70. The SMILES string of the molecule is Cl.O=C(NCC1CCCN1)c1ccc(Cl)c(I)c1. The molecule has 0 aliphatic carbocycles. The van der Waals surface area contributed by atoms with E-state index in [4.69, 9.17) is 11.6 Å². The van der Waals surface area contributed by atoms with Gasteiger partial charge < -0.3 is 10.6 Å². The van der Waals surface area contributed by atoms with Crippen LogP contribution in [0.3, 0.4) is 0 Å². The Hall–Kier alpha value is -0.0400. The summed E-state index contributed by atoms with van der Waals surface area (Å²) in [6.07, 6.45) is 2.33. The standard InChI is InChI=1S/C12H14ClIN2O.ClH/c13-10-4-3-8(6-11(10)14)12(17)16-7-9-2-1-5-15-9;/h3-4,6,9,15H,1-2,5,7H2,(H,16,17);1H. The maximum Gasteiger partial charge on any atom is 0.251 e. The molecule has 1 fully saturated rings. The van der Waals surface area contributed by atoms with Gasteiger partial charge in [-0.1, -0.05) is 11.6 Å². The average Bonchev–Trinajstić information content (AvgIpc) is 2.82. The van der Waals surface area contributed by atoms with Crippen molar-refractivity contribution in [2.45, 2.75) is 18.9 Å². The number of hydrogen-bond donors (Lipinski definition) is 2. The molecule has 1 aliphatic heterocycles. The van der Waals surface area contributed by atoms with Crippen molar-refractivity contribution in [3.05, 3.63) is 32.4 Å². The number of amides is 1. The Morgan fingerprint density at radius 2 is 2.33 bits per heavy atom. The summed E-state index contributed by atoms with van der Waals surface area (Å²) in [7, 11) is 0. The van der Waals surface area contributed by atoms with E-state index < -0.39 is 0 Å². The molecule has 0 bridgehead atoms. The fourth-order valence-corrected chi connectivity index (χ4v) is 2.52. The minimum Gasteiger partial charge on any atom is -0.350 e. The van der Waals surface area contributed by atoms with Crippen LogP contribution < -0.4 is 10.6 Å². The number of carbonyl (C=O) groups is 1. The summed E-state index contributed by atoms with van der Waals surface area (Å²) in [5.41, 5.74) is 0.664. The first-order chi connectivity index (χ1) is 8.16. The van der Waals surface area contributed by atoms with Crippen LogP contribution in [0.2, 0.25) is 5.02 Å². The molecule has 1 amide bonds. The van der Waals surface area contributed by atoms with Gasteiger partial charge >= 0.3 is 0 Å². The molecule has 1 aliphatic rings. The number of halogens is 3. The van der Waals surface area contributed by atoms with E-state index in [1.807, 2.05) is 0 Å². The highest BCUT2D eigenvalue weighted by atomic mass is 127. The predicted octanol–water partition coefficient (Wildman–Crippen LogP) is 2.85. The van der Waals surface area contributed by atoms with Crippen molar-refractivity contribution in [3.63, 3.8) is 0 Å². The van der Waals surface area contributed by atoms with Gasteiger partial charge in [0.2, 0.25) is 0 Å². The maximum absolute atomic E-state index is 11.9. The minimum atomic E-state index is -0.0340. The molecule has 1 atom stereocenters. The molecule has 1 saturated heterocycles. The van der Waals surface area contributed by atoms with Crippen LogP contribution in [0.25, 0.3) is 0 Å². The molecular formula is C12H15Cl2IN2O. The lowest BCUT2D eigenvalue weighted by molar-refractivity contribution is 0.0950. The zero-order chi connectivity index (χ0) is 12.3. The Balaban J connectivity index is 0.00000162. The van der Waals surface area contributed by atoms with Crippen LogP contribution >= 0.6 is 46.6 Å². The minimum absolute atomic E-state index is 0. The van der Waals surface area contributed by atoms with Crippen molar-refractivity contribution in [2.75, 3.05) is 13.1 Å². The van der Waals surface area contributed by atoms with Crippen LogP contribution in [0.15, 0.2) is 18.2 Å². The second-order valence-electron chi connectivity index (χ2n) is 4.13. The van der Waals surface area contributed by atoms with E-state index >= 15 is 0 Å². The third-order valence-corrected chi connectivity index (χ3v) is 4.39. The Morgan fingerprint density at radius 1 is 1.56 bits per heavy atom. The molecular weight excluding hydrogens is 386 g/mol. The van der Waals surface area contributed by atoms with Crippen LogP contribution in [0.1, 0.15) is 23.2 Å². The van der Waals surface area contributed by atoms with Gasteiger partial charge in [-0.05, 0) is 60.2 Å². The van der Waals surface area contributed by atoms with Gasteiger partial charge in [-0.3, -0.25) is 4.79 Å². The Labute approximate surface area is 132 Å². The van der Waals surface area contributed by atoms with Gasteiger partial charge in [-0.15, -0.1) is 12.4 Å². The summed E-state index contributed by atoms with van der Waals surface area (Å²) < 4.78 is 0.899. The van der Waals surface area contributed by atoms with Gasteiger partial charge in [0.15, 0.2) is 0 Å². The van der Waals surface area contributed by atoms with Gasteiger partial charge in [0.05, 0.1) is 5.02 Å². The molecule has 3 nitrogen and oxygen atoms in total. The summed E-state index contributed by atoms with van der Waals surface area (Å²) in [5.74, 6) is -0.0340. The Morgan fingerprint density at radius 3 is 2.94 bits per heavy atom. The van der Waals surface area contributed by atoms with Gasteiger partial charge in [0, 0.05) is 21.7 Å². The lowest BCUT2D eigenvalue weighted by atomic mass is 10.2. The molecule has 0 radical (unpaired) electrons. The van der Waals surface area contributed by atoms with E-state index in [1.165, 1.54) is 6.42 Å². The highest BCUT2D eigenvalue weighted by Gasteiger charge is 2.15. The van der Waals surface area contributed by atoms with Crippen LogP contribution in [0.5, 0.6) is 0 Å². The summed E-state index contributed by atoms with van der Waals surface area (Å²) in [6, 6.07) is 5.74. The van der Waals surface area contributed by atoms with E-state index in [-0.39, 0.29) is 18.3 Å². The van der Waals surface area contributed by atoms with Crippen LogP contribution in [-0.4, -0.2) is 25.0 Å². The first kappa shape index (κ1) is 16.0. The van der Waals surface area contributed by atoms with Crippen LogP contribution in [0.4, 0.5) is 0 Å². The second kappa shape index (κ2) is 7.53. The van der Waals surface area contributed by atoms with Crippen molar-refractivity contribution in [1.82, 2.24) is 10.6 Å². The molecule has 1 aromatic rings. The smallest absolute Gasteiger partial charge is 0.251 e. The molecule has 2 rings (SSSR count). The van der Waals surface area contributed by atoms with E-state index in [9.17, 15) is 4.79 Å². The van der Waals surface area contributed by atoms with E-state index in [1.54, 1.807) is 18.2 Å². The lowest BCUT2D eigenvalue weighted by Gasteiger charge is -2.11. The number of carbonyl (C=O) groups excluding carboxylic acids is 1. The zero-order valence-electron chi connectivity index (χ0n) is 9.71. The van der Waals surface area contributed by atoms with Crippen LogP contribution in [0, 0.1) is 3.57 Å². The van der Waals surface area contributed by atoms with Crippen molar-refractivity contribution in [2.24, 2.45) is 0 Å². The highest BCUT2D eigenvalue weighted by molar-refractivity contribution is 14.1. The number of hydrogen-bond acceptors (Lipinski definition) is 2. The van der Waals surface area contributed by atoms with E-state index in [0.29, 0.717) is 23.2 Å². The molecule has 100 valence electrons. The highest BCUT2D eigenvalue weighted by Crippen LogP contribution is 2.19. The van der Waals surface area contributed by atoms with E-state index in [2.05, 4.69) is 33.2 Å².